The molecular weight excluding hydrogens is 524 g/mol. The van der Waals surface area contributed by atoms with Gasteiger partial charge in [-0.1, -0.05) is 62.6 Å². The van der Waals surface area contributed by atoms with Gasteiger partial charge in [0.2, 0.25) is 5.91 Å². The van der Waals surface area contributed by atoms with Gasteiger partial charge in [-0.3, -0.25) is 9.59 Å². The van der Waals surface area contributed by atoms with Crippen LogP contribution in [0.4, 0.5) is 4.79 Å². The van der Waals surface area contributed by atoms with Gasteiger partial charge in [-0.15, -0.1) is 0 Å². The van der Waals surface area contributed by atoms with E-state index in [1.807, 2.05) is 32.6 Å². The van der Waals surface area contributed by atoms with Crippen LogP contribution in [-0.2, 0) is 20.7 Å². The molecule has 0 aromatic heterocycles. The molecule has 0 bridgehead atoms. The lowest BCUT2D eigenvalue weighted by molar-refractivity contribution is -0.143. The first-order valence-corrected chi connectivity index (χ1v) is 16.4. The Hall–Kier alpha value is -2.63. The fourth-order valence-electron chi connectivity index (χ4n) is 7.46. The summed E-state index contributed by atoms with van der Waals surface area (Å²) in [6, 6.07) is 7.95. The first kappa shape index (κ1) is 32.3. The van der Waals surface area contributed by atoms with Gasteiger partial charge < -0.3 is 14.5 Å². The number of carbonyl (C=O) groups is 3. The molecule has 1 aromatic rings. The number of benzene rings is 1. The molecule has 2 fully saturated rings. The minimum Gasteiger partial charge on any atom is -0.444 e. The number of Topliss-reactive ketones (excluding diaryl/α,β-unsaturated/α-hetero) is 1. The van der Waals surface area contributed by atoms with Crippen molar-refractivity contribution < 1.29 is 19.1 Å². The molecule has 4 rings (SSSR count). The SMILES string of the molecule is C=C(C[C@H](C(=O)N1C[C@@H](C)C[C@H]1C(=O)C[C@@H]1CCCc2ccccc21)C1CCCCC1)[C@H](C)N(C)C(=O)OC(C)(C)C. The number of likely N-dealkylation sites (N-methyl/N-ethyl adjacent to an activating group) is 1. The molecule has 5 atom stereocenters. The van der Waals surface area contributed by atoms with Crippen LogP contribution in [0.2, 0.25) is 0 Å². The number of ether oxygens (including phenoxy) is 1. The zero-order chi connectivity index (χ0) is 30.6. The van der Waals surface area contributed by atoms with E-state index >= 15 is 0 Å². The van der Waals surface area contributed by atoms with Crippen LogP contribution in [0.25, 0.3) is 0 Å². The van der Waals surface area contributed by atoms with Crippen LogP contribution in [-0.4, -0.2) is 58.9 Å². The molecule has 0 spiro atoms. The van der Waals surface area contributed by atoms with Gasteiger partial charge in [0.1, 0.15) is 5.60 Å². The van der Waals surface area contributed by atoms with Gasteiger partial charge in [0.25, 0.3) is 0 Å². The van der Waals surface area contributed by atoms with Crippen LogP contribution >= 0.6 is 0 Å². The molecule has 2 aliphatic carbocycles. The number of fused-ring (bicyclic) bond motifs is 1. The van der Waals surface area contributed by atoms with Gasteiger partial charge >= 0.3 is 6.09 Å². The average molecular weight is 579 g/mol. The fraction of sp³-hybridized carbons (Fsp3) is 0.694. The highest BCUT2D eigenvalue weighted by Crippen LogP contribution is 2.39. The summed E-state index contributed by atoms with van der Waals surface area (Å²) in [5.74, 6) is 0.931. The third kappa shape index (κ3) is 7.85. The second-order valence-corrected chi connectivity index (χ2v) is 14.4. The smallest absolute Gasteiger partial charge is 0.410 e. The number of hydrogen-bond acceptors (Lipinski definition) is 4. The monoisotopic (exact) mass is 578 g/mol. The first-order valence-electron chi connectivity index (χ1n) is 16.4. The number of rotatable bonds is 9. The van der Waals surface area contributed by atoms with Crippen molar-refractivity contribution in [2.45, 2.75) is 129 Å². The molecule has 1 saturated heterocycles. The van der Waals surface area contributed by atoms with E-state index in [-0.39, 0.29) is 47.6 Å². The van der Waals surface area contributed by atoms with E-state index < -0.39 is 5.60 Å². The highest BCUT2D eigenvalue weighted by Gasteiger charge is 2.43. The summed E-state index contributed by atoms with van der Waals surface area (Å²) < 4.78 is 5.59. The van der Waals surface area contributed by atoms with Crippen LogP contribution in [0.1, 0.15) is 116 Å². The molecule has 1 saturated carbocycles. The van der Waals surface area contributed by atoms with Crippen LogP contribution in [0.5, 0.6) is 0 Å². The van der Waals surface area contributed by atoms with Crippen LogP contribution in [0.15, 0.2) is 36.4 Å². The highest BCUT2D eigenvalue weighted by atomic mass is 16.6. The summed E-state index contributed by atoms with van der Waals surface area (Å²) in [6.07, 6.45) is 10.2. The lowest BCUT2D eigenvalue weighted by Crippen LogP contribution is -2.46. The summed E-state index contributed by atoms with van der Waals surface area (Å²) in [4.78, 5) is 44.7. The number of hydrogen-bond donors (Lipinski definition) is 0. The summed E-state index contributed by atoms with van der Waals surface area (Å²) >= 11 is 0. The predicted octanol–water partition coefficient (Wildman–Crippen LogP) is 7.70. The van der Waals surface area contributed by atoms with Crippen LogP contribution < -0.4 is 0 Å². The zero-order valence-electron chi connectivity index (χ0n) is 27.0. The Balaban J connectivity index is 1.50. The fourth-order valence-corrected chi connectivity index (χ4v) is 7.46. The maximum atomic E-state index is 14.5. The number of nitrogens with zero attached hydrogens (tertiary/aromatic N) is 2. The minimum atomic E-state index is -0.583. The van der Waals surface area contributed by atoms with Crippen molar-refractivity contribution in [2.75, 3.05) is 13.6 Å². The topological polar surface area (TPSA) is 66.9 Å². The van der Waals surface area contributed by atoms with Crippen LogP contribution in [0.3, 0.4) is 0 Å². The highest BCUT2D eigenvalue weighted by molar-refractivity contribution is 5.91. The Bertz CT molecular complexity index is 1130. The van der Waals surface area contributed by atoms with E-state index in [2.05, 4.69) is 37.8 Å². The summed E-state index contributed by atoms with van der Waals surface area (Å²) in [7, 11) is 1.74. The minimum absolute atomic E-state index is 0.113. The van der Waals surface area contributed by atoms with Crippen molar-refractivity contribution in [3.05, 3.63) is 47.5 Å². The third-order valence-electron chi connectivity index (χ3n) is 9.98. The second-order valence-electron chi connectivity index (χ2n) is 14.4. The maximum absolute atomic E-state index is 14.5. The Labute approximate surface area is 254 Å². The number of carbonyl (C=O) groups excluding carboxylic acids is 3. The van der Waals surface area contributed by atoms with E-state index in [1.54, 1.807) is 11.9 Å². The van der Waals surface area contributed by atoms with E-state index in [9.17, 15) is 14.4 Å². The van der Waals surface area contributed by atoms with Crippen molar-refractivity contribution in [3.63, 3.8) is 0 Å². The molecule has 1 heterocycles. The molecular formula is C36H54N2O4. The molecule has 232 valence electrons. The lowest BCUT2D eigenvalue weighted by Gasteiger charge is -2.37. The Morgan fingerprint density at radius 2 is 1.76 bits per heavy atom. The normalized spacial score (nSPS) is 24.4. The molecule has 0 unspecified atom stereocenters. The second kappa shape index (κ2) is 13.8. The van der Waals surface area contributed by atoms with E-state index in [4.69, 9.17) is 4.74 Å². The molecule has 2 amide bonds. The molecule has 1 aromatic carbocycles. The molecule has 42 heavy (non-hydrogen) atoms. The van der Waals surface area contributed by atoms with E-state index in [0.29, 0.717) is 25.3 Å². The quantitative estimate of drug-likeness (QED) is 0.282. The Morgan fingerprint density at radius 1 is 1.07 bits per heavy atom. The maximum Gasteiger partial charge on any atom is 0.410 e. The molecule has 0 N–H and O–H groups in total. The number of amides is 2. The van der Waals surface area contributed by atoms with E-state index in [1.165, 1.54) is 17.5 Å². The van der Waals surface area contributed by atoms with Crippen molar-refractivity contribution in [1.82, 2.24) is 9.80 Å². The van der Waals surface area contributed by atoms with Gasteiger partial charge in [0, 0.05) is 25.9 Å². The standard InChI is InChI=1S/C36H54N2O4/c1-24-20-32(33(39)22-29-18-13-17-27-16-11-12-19-30(27)29)38(23-24)34(40)31(28-14-9-8-10-15-28)21-25(2)26(3)37(7)35(41)42-36(4,5)6/h11-12,16,19,24,26,28-29,31-32H,2,8-10,13-15,17-18,20-23H2,1,3-7H3/t24-,26-,29-,31-,32-/m0/s1. The number of likely N-dealkylation sites (tertiary alicyclic amines) is 1. The van der Waals surface area contributed by atoms with Gasteiger partial charge in [0.15, 0.2) is 5.78 Å². The first-order chi connectivity index (χ1) is 19.9. The molecule has 6 heteroatoms. The van der Waals surface area contributed by atoms with E-state index in [0.717, 1.165) is 56.9 Å². The van der Waals surface area contributed by atoms with Gasteiger partial charge in [-0.05, 0) is 102 Å². The molecule has 3 aliphatic rings. The molecule has 0 radical (unpaired) electrons. The van der Waals surface area contributed by atoms with Crippen molar-refractivity contribution >= 4 is 17.8 Å². The number of aryl methyl sites for hydroxylation is 1. The summed E-state index contributed by atoms with van der Waals surface area (Å²) in [6.45, 7) is 14.7. The van der Waals surface area contributed by atoms with Crippen molar-refractivity contribution in [2.24, 2.45) is 17.8 Å². The Kier molecular flexibility index (Phi) is 10.6. The number of ketones is 1. The van der Waals surface area contributed by atoms with Gasteiger partial charge in [-0.2, -0.15) is 0 Å². The largest absolute Gasteiger partial charge is 0.444 e. The van der Waals surface area contributed by atoms with Gasteiger partial charge in [0.05, 0.1) is 12.1 Å². The summed E-state index contributed by atoms with van der Waals surface area (Å²) in [5.41, 5.74) is 2.97. The average Bonchev–Trinajstić information content (AvgIpc) is 3.36. The van der Waals surface area contributed by atoms with Crippen LogP contribution in [0, 0.1) is 17.8 Å². The Morgan fingerprint density at radius 3 is 2.45 bits per heavy atom. The van der Waals surface area contributed by atoms with Gasteiger partial charge in [-0.25, -0.2) is 4.79 Å². The van der Waals surface area contributed by atoms with Crippen molar-refractivity contribution in [1.29, 1.82) is 0 Å². The third-order valence-corrected chi connectivity index (χ3v) is 9.98. The molecule has 6 nitrogen and oxygen atoms in total. The predicted molar refractivity (Wildman–Crippen MR) is 168 cm³/mol. The van der Waals surface area contributed by atoms with Crippen molar-refractivity contribution in [3.8, 4) is 0 Å². The summed E-state index contributed by atoms with van der Waals surface area (Å²) in [5, 5.41) is 0. The molecule has 1 aliphatic heterocycles. The zero-order valence-corrected chi connectivity index (χ0v) is 27.0. The lowest BCUT2D eigenvalue weighted by atomic mass is 9.75.